The third-order valence-corrected chi connectivity index (χ3v) is 4.77. The Labute approximate surface area is 145 Å². The van der Waals surface area contributed by atoms with E-state index in [0.29, 0.717) is 43.6 Å². The molecule has 1 fully saturated rings. The van der Waals surface area contributed by atoms with E-state index in [1.165, 1.54) is 0 Å². The number of amides is 2. The lowest BCUT2D eigenvalue weighted by atomic mass is 10.2. The minimum absolute atomic E-state index is 0.112. The number of hydrogen-bond acceptors (Lipinski definition) is 4. The molecule has 0 radical (unpaired) electrons. The third-order valence-electron chi connectivity index (χ3n) is 3.54. The molecule has 0 saturated carbocycles. The molecule has 1 heterocycles. The molecule has 0 unspecified atom stereocenters. The first-order valence-electron chi connectivity index (χ1n) is 7.62. The van der Waals surface area contributed by atoms with Crippen molar-refractivity contribution in [1.29, 1.82) is 0 Å². The Morgan fingerprint density at radius 1 is 1.22 bits per heavy atom. The summed E-state index contributed by atoms with van der Waals surface area (Å²) in [7, 11) is 0. The summed E-state index contributed by atoms with van der Waals surface area (Å²) in [4.78, 5) is 27.3. The largest absolute Gasteiger partial charge is 0.450 e. The lowest BCUT2D eigenvalue weighted by molar-refractivity contribution is -0.129. The van der Waals surface area contributed by atoms with Crippen LogP contribution in [0.25, 0.3) is 0 Å². The molecule has 126 valence electrons. The van der Waals surface area contributed by atoms with Crippen LogP contribution in [0.3, 0.4) is 0 Å². The van der Waals surface area contributed by atoms with Crippen molar-refractivity contribution in [1.82, 2.24) is 9.80 Å². The zero-order chi connectivity index (χ0) is 16.7. The molecular weight excluding hydrogens is 336 g/mol. The Morgan fingerprint density at radius 2 is 1.91 bits per heavy atom. The van der Waals surface area contributed by atoms with E-state index in [9.17, 15) is 9.59 Å². The summed E-state index contributed by atoms with van der Waals surface area (Å²) in [5.74, 6) is 1.31. The van der Waals surface area contributed by atoms with Crippen molar-refractivity contribution in [2.45, 2.75) is 12.7 Å². The number of benzene rings is 1. The molecule has 1 aromatic rings. The van der Waals surface area contributed by atoms with Crippen molar-refractivity contribution in [3.63, 3.8) is 0 Å². The van der Waals surface area contributed by atoms with Crippen LogP contribution >= 0.6 is 23.4 Å². The van der Waals surface area contributed by atoms with Crippen LogP contribution in [0.15, 0.2) is 24.3 Å². The summed E-state index contributed by atoms with van der Waals surface area (Å²) in [6, 6.07) is 7.66. The van der Waals surface area contributed by atoms with E-state index in [0.717, 1.165) is 11.3 Å². The van der Waals surface area contributed by atoms with Crippen LogP contribution < -0.4 is 0 Å². The molecule has 7 heteroatoms. The minimum atomic E-state index is -0.296. The van der Waals surface area contributed by atoms with Crippen molar-refractivity contribution < 1.29 is 14.3 Å². The molecule has 1 aliphatic heterocycles. The van der Waals surface area contributed by atoms with Gasteiger partial charge in [0.25, 0.3) is 0 Å². The van der Waals surface area contributed by atoms with Crippen LogP contribution in [0.1, 0.15) is 12.5 Å². The van der Waals surface area contributed by atoms with Crippen molar-refractivity contribution >= 4 is 35.4 Å². The lowest BCUT2D eigenvalue weighted by Crippen LogP contribution is -2.51. The fraction of sp³-hybridized carbons (Fsp3) is 0.500. The number of rotatable bonds is 5. The quantitative estimate of drug-likeness (QED) is 0.814. The first kappa shape index (κ1) is 17.9. The number of hydrogen-bond donors (Lipinski definition) is 0. The lowest BCUT2D eigenvalue weighted by Gasteiger charge is -2.34. The molecule has 1 aliphatic rings. The first-order chi connectivity index (χ1) is 11.1. The fourth-order valence-corrected chi connectivity index (χ4v) is 3.41. The third kappa shape index (κ3) is 5.62. The zero-order valence-electron chi connectivity index (χ0n) is 13.2. The zero-order valence-corrected chi connectivity index (χ0v) is 14.7. The smallest absolute Gasteiger partial charge is 0.409 e. The fourth-order valence-electron chi connectivity index (χ4n) is 2.33. The van der Waals surface area contributed by atoms with Gasteiger partial charge < -0.3 is 14.5 Å². The number of ether oxygens (including phenoxy) is 1. The van der Waals surface area contributed by atoms with Gasteiger partial charge in [-0.3, -0.25) is 4.79 Å². The van der Waals surface area contributed by atoms with Gasteiger partial charge in [0, 0.05) is 37.0 Å². The van der Waals surface area contributed by atoms with Gasteiger partial charge in [0.05, 0.1) is 12.4 Å². The maximum absolute atomic E-state index is 12.2. The standard InChI is InChI=1S/C16H21ClN2O3S/c1-2-22-16(21)19-8-6-18(7-9-19)15(20)12-23-11-13-4-3-5-14(17)10-13/h3-5,10H,2,6-9,11-12H2,1H3. The van der Waals surface area contributed by atoms with Gasteiger partial charge in [-0.25, -0.2) is 4.79 Å². The summed E-state index contributed by atoms with van der Waals surface area (Å²) >= 11 is 7.52. The van der Waals surface area contributed by atoms with Gasteiger partial charge in [-0.1, -0.05) is 23.7 Å². The predicted molar refractivity (Wildman–Crippen MR) is 92.8 cm³/mol. The van der Waals surface area contributed by atoms with Gasteiger partial charge in [-0.15, -0.1) is 11.8 Å². The summed E-state index contributed by atoms with van der Waals surface area (Å²) in [6.07, 6.45) is -0.296. The van der Waals surface area contributed by atoms with E-state index in [2.05, 4.69) is 0 Å². The Hall–Kier alpha value is -1.40. The van der Waals surface area contributed by atoms with E-state index in [-0.39, 0.29) is 12.0 Å². The highest BCUT2D eigenvalue weighted by atomic mass is 35.5. The van der Waals surface area contributed by atoms with Gasteiger partial charge in [0.15, 0.2) is 0 Å². The van der Waals surface area contributed by atoms with Crippen molar-refractivity contribution in [2.75, 3.05) is 38.5 Å². The Bertz CT molecular complexity index is 548. The van der Waals surface area contributed by atoms with Gasteiger partial charge in [-0.05, 0) is 24.6 Å². The Balaban J connectivity index is 1.70. The maximum atomic E-state index is 12.2. The second-order valence-corrected chi connectivity index (χ2v) is 6.61. The maximum Gasteiger partial charge on any atom is 0.409 e. The minimum Gasteiger partial charge on any atom is -0.450 e. The number of halogens is 1. The van der Waals surface area contributed by atoms with E-state index < -0.39 is 0 Å². The molecule has 0 aliphatic carbocycles. The summed E-state index contributed by atoms with van der Waals surface area (Å²) in [5, 5.41) is 0.713. The van der Waals surface area contributed by atoms with Crippen molar-refractivity contribution in [2.24, 2.45) is 0 Å². The number of carbonyl (C=O) groups excluding carboxylic acids is 2. The molecule has 0 spiro atoms. The number of piperazine rings is 1. The highest BCUT2D eigenvalue weighted by molar-refractivity contribution is 7.99. The number of nitrogens with zero attached hydrogens (tertiary/aromatic N) is 2. The number of carbonyl (C=O) groups is 2. The van der Waals surface area contributed by atoms with E-state index in [1.807, 2.05) is 24.3 Å². The van der Waals surface area contributed by atoms with Crippen LogP contribution in [0.4, 0.5) is 4.79 Å². The van der Waals surface area contributed by atoms with E-state index in [4.69, 9.17) is 16.3 Å². The topological polar surface area (TPSA) is 49.9 Å². The molecule has 5 nitrogen and oxygen atoms in total. The summed E-state index contributed by atoms with van der Waals surface area (Å²) in [5.41, 5.74) is 1.11. The number of thioether (sulfide) groups is 1. The molecule has 2 amide bonds. The highest BCUT2D eigenvalue weighted by Gasteiger charge is 2.24. The Morgan fingerprint density at radius 3 is 2.57 bits per heavy atom. The summed E-state index contributed by atoms with van der Waals surface area (Å²) in [6.45, 7) is 4.35. The summed E-state index contributed by atoms with van der Waals surface area (Å²) < 4.78 is 4.97. The van der Waals surface area contributed by atoms with Gasteiger partial charge >= 0.3 is 6.09 Å². The molecule has 0 bridgehead atoms. The Kier molecular flexibility index (Phi) is 7.05. The molecule has 0 N–H and O–H groups in total. The molecule has 0 aromatic heterocycles. The second-order valence-electron chi connectivity index (χ2n) is 5.19. The SMILES string of the molecule is CCOC(=O)N1CCN(C(=O)CSCc2cccc(Cl)c2)CC1. The normalized spacial score (nSPS) is 14.7. The van der Waals surface area contributed by atoms with Crippen molar-refractivity contribution in [3.05, 3.63) is 34.9 Å². The molecule has 0 atom stereocenters. The molecule has 1 saturated heterocycles. The van der Waals surface area contributed by atoms with Gasteiger partial charge in [0.2, 0.25) is 5.91 Å². The van der Waals surface area contributed by atoms with Crippen LogP contribution in [0, 0.1) is 0 Å². The van der Waals surface area contributed by atoms with E-state index >= 15 is 0 Å². The molecule has 2 rings (SSSR count). The van der Waals surface area contributed by atoms with Crippen LogP contribution in [-0.2, 0) is 15.3 Å². The molecular formula is C16H21ClN2O3S. The average Bonchev–Trinajstić information content (AvgIpc) is 2.55. The van der Waals surface area contributed by atoms with Crippen LogP contribution in [0.2, 0.25) is 5.02 Å². The predicted octanol–water partition coefficient (Wildman–Crippen LogP) is 2.87. The van der Waals surface area contributed by atoms with E-state index in [1.54, 1.807) is 28.5 Å². The first-order valence-corrected chi connectivity index (χ1v) is 9.15. The molecule has 1 aromatic carbocycles. The monoisotopic (exact) mass is 356 g/mol. The average molecular weight is 357 g/mol. The second kappa shape index (κ2) is 9.03. The van der Waals surface area contributed by atoms with Crippen LogP contribution in [-0.4, -0.2) is 60.3 Å². The highest BCUT2D eigenvalue weighted by Crippen LogP contribution is 2.17. The van der Waals surface area contributed by atoms with Gasteiger partial charge in [0.1, 0.15) is 0 Å². The molecule has 23 heavy (non-hydrogen) atoms. The van der Waals surface area contributed by atoms with Crippen LogP contribution in [0.5, 0.6) is 0 Å². The van der Waals surface area contributed by atoms with Crippen molar-refractivity contribution in [3.8, 4) is 0 Å². The van der Waals surface area contributed by atoms with Gasteiger partial charge in [-0.2, -0.15) is 0 Å².